The van der Waals surface area contributed by atoms with Crippen LogP contribution in [0, 0.1) is 0 Å². The van der Waals surface area contributed by atoms with Crippen LogP contribution in [-0.2, 0) is 19.0 Å². The van der Waals surface area contributed by atoms with Gasteiger partial charge in [0.2, 0.25) is 0 Å². The summed E-state index contributed by atoms with van der Waals surface area (Å²) in [4.78, 5) is 11.1. The lowest BCUT2D eigenvalue weighted by Gasteiger charge is -2.25. The molecular weight excluding hydrogens is 172 g/mol. The average molecular weight is 188 g/mol. The lowest BCUT2D eigenvalue weighted by molar-refractivity contribution is -0.188. The smallest absolute Gasteiger partial charge is 0.311 e. The standard InChI is InChI=1S/C9H16O4/c1-5-9(11-3,12-4)7-8(10)13-6-2/h5H,1,6-7H2,2-4H3. The van der Waals surface area contributed by atoms with Crippen molar-refractivity contribution >= 4 is 5.97 Å². The second kappa shape index (κ2) is 5.72. The summed E-state index contributed by atoms with van der Waals surface area (Å²) in [6.07, 6.45) is 1.45. The van der Waals surface area contributed by atoms with E-state index in [0.29, 0.717) is 6.61 Å². The van der Waals surface area contributed by atoms with E-state index < -0.39 is 5.79 Å². The lowest BCUT2D eigenvalue weighted by atomic mass is 10.2. The first-order valence-electron chi connectivity index (χ1n) is 4.03. The van der Waals surface area contributed by atoms with Gasteiger partial charge in [-0.1, -0.05) is 6.58 Å². The fourth-order valence-electron chi connectivity index (χ4n) is 0.880. The first kappa shape index (κ1) is 12.1. The number of esters is 1. The molecule has 4 nitrogen and oxygen atoms in total. The third-order valence-corrected chi connectivity index (χ3v) is 1.70. The van der Waals surface area contributed by atoms with Gasteiger partial charge in [-0.2, -0.15) is 0 Å². The molecule has 0 heterocycles. The zero-order chi connectivity index (χ0) is 10.3. The fraction of sp³-hybridized carbons (Fsp3) is 0.667. The minimum absolute atomic E-state index is 0.0112. The topological polar surface area (TPSA) is 44.8 Å². The number of carbonyl (C=O) groups excluding carboxylic acids is 1. The minimum atomic E-state index is -1.06. The molecule has 0 aliphatic heterocycles. The maximum absolute atomic E-state index is 11.1. The molecule has 0 atom stereocenters. The quantitative estimate of drug-likeness (QED) is 0.356. The van der Waals surface area contributed by atoms with E-state index in [1.807, 2.05) is 0 Å². The fourth-order valence-corrected chi connectivity index (χ4v) is 0.880. The van der Waals surface area contributed by atoms with Gasteiger partial charge in [-0.25, -0.2) is 0 Å². The van der Waals surface area contributed by atoms with Gasteiger partial charge < -0.3 is 14.2 Å². The highest BCUT2D eigenvalue weighted by atomic mass is 16.7. The van der Waals surface area contributed by atoms with Crippen LogP contribution in [0.5, 0.6) is 0 Å². The van der Waals surface area contributed by atoms with Gasteiger partial charge in [-0.3, -0.25) is 4.79 Å². The number of carbonyl (C=O) groups is 1. The third-order valence-electron chi connectivity index (χ3n) is 1.70. The van der Waals surface area contributed by atoms with E-state index in [9.17, 15) is 4.79 Å². The summed E-state index contributed by atoms with van der Waals surface area (Å²) in [7, 11) is 2.90. The molecule has 0 unspecified atom stereocenters. The van der Waals surface area contributed by atoms with Crippen LogP contribution < -0.4 is 0 Å². The van der Waals surface area contributed by atoms with Gasteiger partial charge >= 0.3 is 5.97 Å². The summed E-state index contributed by atoms with van der Waals surface area (Å²) in [5, 5.41) is 0. The van der Waals surface area contributed by atoms with Crippen LogP contribution in [0.3, 0.4) is 0 Å². The summed E-state index contributed by atoms with van der Waals surface area (Å²) < 4.78 is 14.8. The predicted molar refractivity (Wildman–Crippen MR) is 48.2 cm³/mol. The van der Waals surface area contributed by atoms with Crippen LogP contribution in [0.4, 0.5) is 0 Å². The molecule has 0 bridgehead atoms. The summed E-state index contributed by atoms with van der Waals surface area (Å²) >= 11 is 0. The van der Waals surface area contributed by atoms with E-state index in [1.54, 1.807) is 6.92 Å². The van der Waals surface area contributed by atoms with Crippen LogP contribution in [0.15, 0.2) is 12.7 Å². The first-order valence-corrected chi connectivity index (χ1v) is 4.03. The summed E-state index contributed by atoms with van der Waals surface area (Å²) in [5.41, 5.74) is 0. The summed E-state index contributed by atoms with van der Waals surface area (Å²) in [6.45, 7) is 5.62. The highest BCUT2D eigenvalue weighted by Crippen LogP contribution is 2.17. The van der Waals surface area contributed by atoms with Crippen molar-refractivity contribution < 1.29 is 19.0 Å². The van der Waals surface area contributed by atoms with Crippen molar-refractivity contribution in [2.45, 2.75) is 19.1 Å². The minimum Gasteiger partial charge on any atom is -0.466 e. The molecule has 0 aliphatic rings. The molecule has 0 fully saturated rings. The first-order chi connectivity index (χ1) is 6.14. The van der Waals surface area contributed by atoms with Crippen molar-refractivity contribution in [3.63, 3.8) is 0 Å². The molecule has 0 saturated carbocycles. The predicted octanol–water partition coefficient (Wildman–Crippen LogP) is 1.11. The second-order valence-electron chi connectivity index (χ2n) is 2.41. The number of hydrogen-bond donors (Lipinski definition) is 0. The molecule has 76 valence electrons. The Morgan fingerprint density at radius 3 is 2.31 bits per heavy atom. The molecule has 0 aromatic carbocycles. The maximum atomic E-state index is 11.1. The molecular formula is C9H16O4. The molecule has 0 N–H and O–H groups in total. The zero-order valence-electron chi connectivity index (χ0n) is 8.33. The Hall–Kier alpha value is -0.870. The Morgan fingerprint density at radius 1 is 1.46 bits per heavy atom. The molecule has 0 aromatic rings. The Morgan fingerprint density at radius 2 is 2.00 bits per heavy atom. The normalized spacial score (nSPS) is 11.0. The molecule has 0 spiro atoms. The van der Waals surface area contributed by atoms with Crippen molar-refractivity contribution in [1.82, 2.24) is 0 Å². The lowest BCUT2D eigenvalue weighted by Crippen LogP contribution is -2.34. The van der Waals surface area contributed by atoms with Crippen LogP contribution in [0.25, 0.3) is 0 Å². The van der Waals surface area contributed by atoms with E-state index >= 15 is 0 Å². The number of hydrogen-bond acceptors (Lipinski definition) is 4. The monoisotopic (exact) mass is 188 g/mol. The van der Waals surface area contributed by atoms with Crippen LogP contribution in [0.2, 0.25) is 0 Å². The number of methoxy groups -OCH3 is 2. The zero-order valence-corrected chi connectivity index (χ0v) is 8.33. The SMILES string of the molecule is C=CC(CC(=O)OCC)(OC)OC. The van der Waals surface area contributed by atoms with Gasteiger partial charge in [0.25, 0.3) is 0 Å². The van der Waals surface area contributed by atoms with Gasteiger partial charge in [0.1, 0.15) is 6.42 Å². The van der Waals surface area contributed by atoms with E-state index in [2.05, 4.69) is 6.58 Å². The van der Waals surface area contributed by atoms with Crippen molar-refractivity contribution in [3.05, 3.63) is 12.7 Å². The van der Waals surface area contributed by atoms with Gasteiger partial charge in [-0.05, 0) is 13.0 Å². The van der Waals surface area contributed by atoms with Gasteiger partial charge in [-0.15, -0.1) is 0 Å². The molecule has 0 aliphatic carbocycles. The maximum Gasteiger partial charge on any atom is 0.311 e. The molecule has 0 saturated heterocycles. The molecule has 4 heteroatoms. The van der Waals surface area contributed by atoms with Gasteiger partial charge in [0.15, 0.2) is 5.79 Å². The largest absolute Gasteiger partial charge is 0.466 e. The Labute approximate surface area is 78.5 Å². The molecule has 0 amide bonds. The van der Waals surface area contributed by atoms with Crippen LogP contribution in [-0.4, -0.2) is 32.6 Å². The molecule has 0 rings (SSSR count). The van der Waals surface area contributed by atoms with Crippen LogP contribution >= 0.6 is 0 Å². The van der Waals surface area contributed by atoms with Crippen molar-refractivity contribution in [2.24, 2.45) is 0 Å². The van der Waals surface area contributed by atoms with E-state index in [1.165, 1.54) is 20.3 Å². The van der Waals surface area contributed by atoms with Gasteiger partial charge in [0.05, 0.1) is 6.61 Å². The van der Waals surface area contributed by atoms with Crippen molar-refractivity contribution in [2.75, 3.05) is 20.8 Å². The Bertz CT molecular complexity index is 172. The Kier molecular flexibility index (Phi) is 5.34. The highest BCUT2D eigenvalue weighted by Gasteiger charge is 2.29. The van der Waals surface area contributed by atoms with E-state index in [-0.39, 0.29) is 12.4 Å². The average Bonchev–Trinajstić information content (AvgIpc) is 2.15. The highest BCUT2D eigenvalue weighted by molar-refractivity contribution is 5.70. The third kappa shape index (κ3) is 3.57. The van der Waals surface area contributed by atoms with E-state index in [0.717, 1.165) is 0 Å². The molecule has 13 heavy (non-hydrogen) atoms. The molecule has 0 radical (unpaired) electrons. The second-order valence-corrected chi connectivity index (χ2v) is 2.41. The number of rotatable bonds is 6. The number of ether oxygens (including phenoxy) is 3. The summed E-state index contributed by atoms with van der Waals surface area (Å²) in [5.74, 6) is -1.43. The van der Waals surface area contributed by atoms with E-state index in [4.69, 9.17) is 14.2 Å². The Balaban J connectivity index is 4.24. The van der Waals surface area contributed by atoms with Crippen molar-refractivity contribution in [3.8, 4) is 0 Å². The van der Waals surface area contributed by atoms with Crippen molar-refractivity contribution in [1.29, 1.82) is 0 Å². The van der Waals surface area contributed by atoms with Crippen LogP contribution in [0.1, 0.15) is 13.3 Å². The summed E-state index contributed by atoms with van der Waals surface area (Å²) in [6, 6.07) is 0. The molecule has 0 aromatic heterocycles. The van der Waals surface area contributed by atoms with Gasteiger partial charge in [0, 0.05) is 14.2 Å².